The lowest BCUT2D eigenvalue weighted by atomic mass is 10.1. The van der Waals surface area contributed by atoms with E-state index in [1.807, 2.05) is 18.9 Å². The van der Waals surface area contributed by atoms with Gasteiger partial charge in [-0.1, -0.05) is 29.4 Å². The monoisotopic (exact) mass is 356 g/mol. The number of halogens is 1. The van der Waals surface area contributed by atoms with Crippen molar-refractivity contribution in [2.75, 3.05) is 7.05 Å². The van der Waals surface area contributed by atoms with E-state index in [1.165, 1.54) is 24.3 Å². The molecule has 0 aliphatic rings. The molecular formula is C18H17FN4O3. The first-order chi connectivity index (χ1) is 12.4. The van der Waals surface area contributed by atoms with Crippen LogP contribution in [0, 0.1) is 15.9 Å². The lowest BCUT2D eigenvalue weighted by molar-refractivity contribution is -0.384. The standard InChI is InChI=1S/C18H17FN4O3/c1-12(13-6-8-15(19)9-7-13)22(2)11-17-20-18(21-26-17)14-4-3-5-16(10-14)23(24)25/h3-10,12H,11H2,1-2H3/t12-/m1/s1. The van der Waals surface area contributed by atoms with Crippen LogP contribution < -0.4 is 0 Å². The molecule has 0 saturated carbocycles. The zero-order valence-corrected chi connectivity index (χ0v) is 14.3. The molecule has 3 rings (SSSR count). The van der Waals surface area contributed by atoms with Crippen molar-refractivity contribution in [3.8, 4) is 11.4 Å². The zero-order valence-electron chi connectivity index (χ0n) is 14.3. The fraction of sp³-hybridized carbons (Fsp3) is 0.222. The second kappa shape index (κ2) is 7.40. The van der Waals surface area contributed by atoms with Gasteiger partial charge in [-0.25, -0.2) is 4.39 Å². The summed E-state index contributed by atoms with van der Waals surface area (Å²) in [6.45, 7) is 2.38. The van der Waals surface area contributed by atoms with Gasteiger partial charge in [-0.05, 0) is 31.7 Å². The van der Waals surface area contributed by atoms with Crippen molar-refractivity contribution in [1.82, 2.24) is 15.0 Å². The molecule has 26 heavy (non-hydrogen) atoms. The Labute approximate surface area is 149 Å². The number of aromatic nitrogens is 2. The van der Waals surface area contributed by atoms with Crippen molar-refractivity contribution in [1.29, 1.82) is 0 Å². The van der Waals surface area contributed by atoms with Crippen LogP contribution in [0.15, 0.2) is 53.1 Å². The number of hydrogen-bond acceptors (Lipinski definition) is 6. The van der Waals surface area contributed by atoms with Crippen LogP contribution in [0.2, 0.25) is 0 Å². The van der Waals surface area contributed by atoms with Crippen molar-refractivity contribution >= 4 is 5.69 Å². The fourth-order valence-electron chi connectivity index (χ4n) is 2.54. The van der Waals surface area contributed by atoms with Crippen LogP contribution in [0.1, 0.15) is 24.4 Å². The third kappa shape index (κ3) is 3.92. The van der Waals surface area contributed by atoms with E-state index in [4.69, 9.17) is 4.52 Å². The van der Waals surface area contributed by atoms with E-state index >= 15 is 0 Å². The summed E-state index contributed by atoms with van der Waals surface area (Å²) in [6.07, 6.45) is 0. The number of hydrogen-bond donors (Lipinski definition) is 0. The van der Waals surface area contributed by atoms with Crippen molar-refractivity contribution in [3.63, 3.8) is 0 Å². The highest BCUT2D eigenvalue weighted by atomic mass is 19.1. The molecule has 0 amide bonds. The number of rotatable bonds is 6. The normalized spacial score (nSPS) is 12.3. The highest BCUT2D eigenvalue weighted by Gasteiger charge is 2.17. The summed E-state index contributed by atoms with van der Waals surface area (Å²) in [6, 6.07) is 12.4. The summed E-state index contributed by atoms with van der Waals surface area (Å²) in [7, 11) is 1.89. The van der Waals surface area contributed by atoms with Crippen LogP contribution in [-0.4, -0.2) is 27.0 Å². The molecule has 8 heteroatoms. The molecule has 0 fully saturated rings. The molecule has 0 N–H and O–H groups in total. The average molecular weight is 356 g/mol. The molecule has 3 aromatic rings. The van der Waals surface area contributed by atoms with Crippen LogP contribution in [0.5, 0.6) is 0 Å². The van der Waals surface area contributed by atoms with Gasteiger partial charge in [-0.15, -0.1) is 0 Å². The summed E-state index contributed by atoms with van der Waals surface area (Å²) in [5, 5.41) is 14.8. The topological polar surface area (TPSA) is 85.3 Å². The van der Waals surface area contributed by atoms with Gasteiger partial charge in [-0.2, -0.15) is 4.98 Å². The molecule has 1 atom stereocenters. The Morgan fingerprint density at radius 2 is 2.00 bits per heavy atom. The smallest absolute Gasteiger partial charge is 0.270 e. The molecule has 0 spiro atoms. The van der Waals surface area contributed by atoms with Gasteiger partial charge in [0.05, 0.1) is 11.5 Å². The molecule has 134 valence electrons. The van der Waals surface area contributed by atoms with Gasteiger partial charge in [0.2, 0.25) is 11.7 Å². The summed E-state index contributed by atoms with van der Waals surface area (Å²) in [4.78, 5) is 16.7. The Morgan fingerprint density at radius 3 is 2.69 bits per heavy atom. The first-order valence-corrected chi connectivity index (χ1v) is 7.97. The van der Waals surface area contributed by atoms with Gasteiger partial charge in [0, 0.05) is 23.7 Å². The predicted octanol–water partition coefficient (Wildman–Crippen LogP) is 3.98. The largest absolute Gasteiger partial charge is 0.338 e. The third-order valence-electron chi connectivity index (χ3n) is 4.18. The highest BCUT2D eigenvalue weighted by molar-refractivity contribution is 5.58. The number of nitro benzene ring substituents is 1. The zero-order chi connectivity index (χ0) is 18.7. The van der Waals surface area contributed by atoms with E-state index in [0.29, 0.717) is 23.8 Å². The molecule has 0 unspecified atom stereocenters. The Hall–Kier alpha value is -3.13. The van der Waals surface area contributed by atoms with Gasteiger partial charge >= 0.3 is 0 Å². The van der Waals surface area contributed by atoms with Gasteiger partial charge in [0.25, 0.3) is 5.69 Å². The molecule has 0 aliphatic carbocycles. The molecule has 0 bridgehead atoms. The lowest BCUT2D eigenvalue weighted by Gasteiger charge is -2.23. The summed E-state index contributed by atoms with van der Waals surface area (Å²) in [5.74, 6) is 0.414. The molecular weight excluding hydrogens is 339 g/mol. The second-order valence-electron chi connectivity index (χ2n) is 5.96. The minimum atomic E-state index is -0.470. The van der Waals surface area contributed by atoms with E-state index in [-0.39, 0.29) is 17.5 Å². The maximum absolute atomic E-state index is 13.1. The van der Waals surface area contributed by atoms with Crippen LogP contribution in [0.25, 0.3) is 11.4 Å². The summed E-state index contributed by atoms with van der Waals surface area (Å²) < 4.78 is 18.3. The minimum absolute atomic E-state index is 0.0174. The Kier molecular flexibility index (Phi) is 5.04. The van der Waals surface area contributed by atoms with Crippen molar-refractivity contribution in [3.05, 3.63) is 75.9 Å². The van der Waals surface area contributed by atoms with Crippen molar-refractivity contribution in [2.45, 2.75) is 19.5 Å². The second-order valence-corrected chi connectivity index (χ2v) is 5.96. The molecule has 0 saturated heterocycles. The predicted molar refractivity (Wildman–Crippen MR) is 92.7 cm³/mol. The number of nitrogens with zero attached hydrogens (tertiary/aromatic N) is 4. The third-order valence-corrected chi connectivity index (χ3v) is 4.18. The lowest BCUT2D eigenvalue weighted by Crippen LogP contribution is -2.22. The molecule has 7 nitrogen and oxygen atoms in total. The number of non-ortho nitro benzene ring substituents is 1. The quantitative estimate of drug-likeness (QED) is 0.491. The number of benzene rings is 2. The van der Waals surface area contributed by atoms with E-state index in [1.54, 1.807) is 24.3 Å². The van der Waals surface area contributed by atoms with Crippen LogP contribution in [-0.2, 0) is 6.54 Å². The molecule has 2 aromatic carbocycles. The van der Waals surface area contributed by atoms with Crippen LogP contribution in [0.4, 0.5) is 10.1 Å². The van der Waals surface area contributed by atoms with E-state index in [0.717, 1.165) is 5.56 Å². The summed E-state index contributed by atoms with van der Waals surface area (Å²) >= 11 is 0. The van der Waals surface area contributed by atoms with Gasteiger partial charge in [-0.3, -0.25) is 15.0 Å². The Bertz CT molecular complexity index is 911. The van der Waals surface area contributed by atoms with Crippen molar-refractivity contribution in [2.24, 2.45) is 0 Å². The van der Waals surface area contributed by atoms with Crippen molar-refractivity contribution < 1.29 is 13.8 Å². The van der Waals surface area contributed by atoms with Crippen LogP contribution in [0.3, 0.4) is 0 Å². The molecule has 1 aromatic heterocycles. The molecule has 0 aliphatic heterocycles. The minimum Gasteiger partial charge on any atom is -0.338 e. The van der Waals surface area contributed by atoms with Gasteiger partial charge in [0.15, 0.2) is 0 Å². The highest BCUT2D eigenvalue weighted by Crippen LogP contribution is 2.23. The first-order valence-electron chi connectivity index (χ1n) is 7.97. The first kappa shape index (κ1) is 17.7. The number of nitro groups is 1. The maximum Gasteiger partial charge on any atom is 0.270 e. The fourth-order valence-corrected chi connectivity index (χ4v) is 2.54. The van der Waals surface area contributed by atoms with E-state index < -0.39 is 4.92 Å². The van der Waals surface area contributed by atoms with Crippen LogP contribution >= 0.6 is 0 Å². The van der Waals surface area contributed by atoms with Gasteiger partial charge < -0.3 is 4.52 Å². The maximum atomic E-state index is 13.1. The summed E-state index contributed by atoms with van der Waals surface area (Å²) in [5.41, 5.74) is 1.45. The van der Waals surface area contributed by atoms with E-state index in [9.17, 15) is 14.5 Å². The van der Waals surface area contributed by atoms with Gasteiger partial charge in [0.1, 0.15) is 5.82 Å². The molecule has 1 heterocycles. The molecule has 0 radical (unpaired) electrons. The SMILES string of the molecule is C[C@H](c1ccc(F)cc1)N(C)Cc1nc(-c2cccc([N+](=O)[O-])c2)no1. The van der Waals surface area contributed by atoms with E-state index in [2.05, 4.69) is 10.1 Å². The Balaban J connectivity index is 1.72. The Morgan fingerprint density at radius 1 is 1.27 bits per heavy atom. The average Bonchev–Trinajstić information content (AvgIpc) is 3.10.